The van der Waals surface area contributed by atoms with Crippen LogP contribution in [0.2, 0.25) is 0 Å². The van der Waals surface area contributed by atoms with E-state index in [1.807, 2.05) is 30.3 Å². The molecule has 0 saturated heterocycles. The first-order valence-corrected chi connectivity index (χ1v) is 5.71. The summed E-state index contributed by atoms with van der Waals surface area (Å²) in [5.74, 6) is 0.543. The lowest BCUT2D eigenvalue weighted by molar-refractivity contribution is 0.0961. The summed E-state index contributed by atoms with van der Waals surface area (Å²) in [5.41, 5.74) is 7.34. The normalized spacial score (nSPS) is 11.9. The number of carbonyl (C=O) groups excluding carboxylic acids is 1. The van der Waals surface area contributed by atoms with Crippen LogP contribution in [0.25, 0.3) is 0 Å². The molecule has 0 bridgehead atoms. The fourth-order valence-corrected chi connectivity index (χ4v) is 1.77. The Morgan fingerprint density at radius 3 is 2.50 bits per heavy atom. The van der Waals surface area contributed by atoms with Crippen molar-refractivity contribution >= 4 is 5.78 Å². The zero-order valence-electron chi connectivity index (χ0n) is 10.2. The number of hydrogen-bond acceptors (Lipinski definition) is 3. The summed E-state index contributed by atoms with van der Waals surface area (Å²) in [6.07, 6.45) is 0. The van der Waals surface area contributed by atoms with Gasteiger partial charge in [-0.15, -0.1) is 0 Å². The van der Waals surface area contributed by atoms with E-state index >= 15 is 0 Å². The highest BCUT2D eigenvalue weighted by Crippen LogP contribution is 2.19. The Balaban J connectivity index is 2.25. The first-order chi connectivity index (χ1) is 8.72. The van der Waals surface area contributed by atoms with Crippen LogP contribution >= 0.6 is 0 Å². The Morgan fingerprint density at radius 1 is 1.11 bits per heavy atom. The highest BCUT2D eigenvalue weighted by atomic mass is 16.5. The first-order valence-electron chi connectivity index (χ1n) is 5.71. The molecule has 0 radical (unpaired) electrons. The predicted molar refractivity (Wildman–Crippen MR) is 70.7 cm³/mol. The molecule has 3 nitrogen and oxygen atoms in total. The number of methoxy groups -OCH3 is 1. The van der Waals surface area contributed by atoms with Crippen LogP contribution in [0.4, 0.5) is 0 Å². The van der Waals surface area contributed by atoms with Crippen molar-refractivity contribution in [3.63, 3.8) is 0 Å². The molecular weight excluding hydrogens is 226 g/mol. The molecule has 2 rings (SSSR count). The van der Waals surface area contributed by atoms with Crippen molar-refractivity contribution < 1.29 is 9.53 Å². The van der Waals surface area contributed by atoms with Crippen molar-refractivity contribution in [2.75, 3.05) is 7.11 Å². The highest BCUT2D eigenvalue weighted by Gasteiger charge is 2.17. The van der Waals surface area contributed by atoms with Gasteiger partial charge < -0.3 is 10.5 Å². The fourth-order valence-electron chi connectivity index (χ4n) is 1.77. The minimum Gasteiger partial charge on any atom is -0.497 e. The minimum atomic E-state index is -0.640. The van der Waals surface area contributed by atoms with Crippen molar-refractivity contribution in [3.05, 3.63) is 65.7 Å². The standard InChI is InChI=1S/C15H15NO2/c1-18-13-9-5-8-12(10-13)15(17)14(16)11-6-3-2-4-7-11/h2-10,14H,16H2,1H3/t14-/m1/s1. The Bertz CT molecular complexity index is 537. The molecule has 0 heterocycles. The molecule has 2 aromatic rings. The summed E-state index contributed by atoms with van der Waals surface area (Å²) < 4.78 is 5.10. The fraction of sp³-hybridized carbons (Fsp3) is 0.133. The van der Waals surface area contributed by atoms with Gasteiger partial charge in [0.25, 0.3) is 0 Å². The molecule has 0 aliphatic heterocycles. The molecule has 1 atom stereocenters. The third-order valence-corrected chi connectivity index (χ3v) is 2.80. The van der Waals surface area contributed by atoms with Gasteiger partial charge in [-0.1, -0.05) is 42.5 Å². The molecule has 0 unspecified atom stereocenters. The van der Waals surface area contributed by atoms with Crippen molar-refractivity contribution in [3.8, 4) is 5.75 Å². The van der Waals surface area contributed by atoms with Crippen LogP contribution in [0, 0.1) is 0 Å². The van der Waals surface area contributed by atoms with Gasteiger partial charge in [0.1, 0.15) is 5.75 Å². The average molecular weight is 241 g/mol. The Morgan fingerprint density at radius 2 is 1.83 bits per heavy atom. The maximum Gasteiger partial charge on any atom is 0.184 e. The average Bonchev–Trinajstić information content (AvgIpc) is 2.46. The van der Waals surface area contributed by atoms with Crippen LogP contribution in [0.15, 0.2) is 54.6 Å². The van der Waals surface area contributed by atoms with E-state index in [1.54, 1.807) is 31.4 Å². The van der Waals surface area contributed by atoms with Crippen molar-refractivity contribution in [2.24, 2.45) is 5.73 Å². The van der Waals surface area contributed by atoms with E-state index < -0.39 is 6.04 Å². The van der Waals surface area contributed by atoms with E-state index in [0.29, 0.717) is 11.3 Å². The van der Waals surface area contributed by atoms with Crippen LogP contribution < -0.4 is 10.5 Å². The molecule has 0 fully saturated rings. The number of hydrogen-bond donors (Lipinski definition) is 1. The molecule has 0 amide bonds. The van der Waals surface area contributed by atoms with Crippen LogP contribution in [0.5, 0.6) is 5.75 Å². The number of ketones is 1. The number of nitrogens with two attached hydrogens (primary N) is 1. The molecular formula is C15H15NO2. The molecule has 18 heavy (non-hydrogen) atoms. The number of Topliss-reactive ketones (excluding diaryl/α,β-unsaturated/α-hetero) is 1. The third-order valence-electron chi connectivity index (χ3n) is 2.80. The largest absolute Gasteiger partial charge is 0.497 e. The molecule has 0 saturated carbocycles. The zero-order valence-corrected chi connectivity index (χ0v) is 10.2. The van der Waals surface area contributed by atoms with Crippen LogP contribution in [-0.2, 0) is 0 Å². The molecule has 0 spiro atoms. The Hall–Kier alpha value is -2.13. The summed E-state index contributed by atoms with van der Waals surface area (Å²) in [6.45, 7) is 0. The zero-order chi connectivity index (χ0) is 13.0. The van der Waals surface area contributed by atoms with Gasteiger partial charge in [-0.25, -0.2) is 0 Å². The maximum atomic E-state index is 12.2. The highest BCUT2D eigenvalue weighted by molar-refractivity contribution is 6.00. The van der Waals surface area contributed by atoms with Gasteiger partial charge in [0.05, 0.1) is 13.2 Å². The lowest BCUT2D eigenvalue weighted by Gasteiger charge is -2.11. The van der Waals surface area contributed by atoms with E-state index in [9.17, 15) is 4.79 Å². The Labute approximate surface area is 106 Å². The lowest BCUT2D eigenvalue weighted by Crippen LogP contribution is -2.21. The Kier molecular flexibility index (Phi) is 3.75. The maximum absolute atomic E-state index is 12.2. The molecule has 0 aromatic heterocycles. The smallest absolute Gasteiger partial charge is 0.184 e. The van der Waals surface area contributed by atoms with Crippen molar-refractivity contribution in [1.29, 1.82) is 0 Å². The van der Waals surface area contributed by atoms with E-state index in [-0.39, 0.29) is 5.78 Å². The number of rotatable bonds is 4. The van der Waals surface area contributed by atoms with Crippen LogP contribution in [0.3, 0.4) is 0 Å². The number of carbonyl (C=O) groups is 1. The lowest BCUT2D eigenvalue weighted by atomic mass is 9.98. The van der Waals surface area contributed by atoms with Crippen LogP contribution in [-0.4, -0.2) is 12.9 Å². The van der Waals surface area contributed by atoms with Gasteiger partial charge in [0.2, 0.25) is 0 Å². The van der Waals surface area contributed by atoms with Gasteiger partial charge in [-0.05, 0) is 17.7 Å². The van der Waals surface area contributed by atoms with E-state index in [2.05, 4.69) is 0 Å². The minimum absolute atomic E-state index is 0.111. The number of ether oxygens (including phenoxy) is 1. The topological polar surface area (TPSA) is 52.3 Å². The summed E-state index contributed by atoms with van der Waals surface area (Å²) in [5, 5.41) is 0. The van der Waals surface area contributed by atoms with E-state index in [4.69, 9.17) is 10.5 Å². The molecule has 0 aliphatic rings. The second-order valence-electron chi connectivity index (χ2n) is 3.98. The predicted octanol–water partition coefficient (Wildman–Crippen LogP) is 2.58. The van der Waals surface area contributed by atoms with Gasteiger partial charge >= 0.3 is 0 Å². The van der Waals surface area contributed by atoms with E-state index in [1.165, 1.54) is 0 Å². The second-order valence-corrected chi connectivity index (χ2v) is 3.98. The van der Waals surface area contributed by atoms with Gasteiger partial charge in [-0.3, -0.25) is 4.79 Å². The quantitative estimate of drug-likeness (QED) is 0.837. The summed E-state index contributed by atoms with van der Waals surface area (Å²) >= 11 is 0. The SMILES string of the molecule is COc1cccc(C(=O)[C@H](N)c2ccccc2)c1. The number of benzene rings is 2. The summed E-state index contributed by atoms with van der Waals surface area (Å²) in [4.78, 5) is 12.2. The van der Waals surface area contributed by atoms with Crippen LogP contribution in [0.1, 0.15) is 22.0 Å². The molecule has 2 N–H and O–H groups in total. The third kappa shape index (κ3) is 2.57. The van der Waals surface area contributed by atoms with E-state index in [0.717, 1.165) is 5.56 Å². The van der Waals surface area contributed by atoms with Gasteiger partial charge in [0.15, 0.2) is 5.78 Å². The molecule has 3 heteroatoms. The van der Waals surface area contributed by atoms with Gasteiger partial charge in [-0.2, -0.15) is 0 Å². The van der Waals surface area contributed by atoms with Crippen molar-refractivity contribution in [2.45, 2.75) is 6.04 Å². The summed E-state index contributed by atoms with van der Waals surface area (Å²) in [6, 6.07) is 15.7. The summed E-state index contributed by atoms with van der Waals surface area (Å²) in [7, 11) is 1.57. The molecule has 0 aliphatic carbocycles. The van der Waals surface area contributed by atoms with Crippen molar-refractivity contribution in [1.82, 2.24) is 0 Å². The second kappa shape index (κ2) is 5.47. The first kappa shape index (κ1) is 12.3. The molecule has 2 aromatic carbocycles. The molecule has 92 valence electrons. The monoisotopic (exact) mass is 241 g/mol. The van der Waals surface area contributed by atoms with Gasteiger partial charge in [0, 0.05) is 5.56 Å².